The van der Waals surface area contributed by atoms with Crippen molar-refractivity contribution < 1.29 is 14.7 Å². The number of carboxylic acid groups (broad SMARTS) is 1. The number of hydrogen-bond donors (Lipinski definition) is 1. The molecule has 1 aliphatic carbocycles. The third-order valence-electron chi connectivity index (χ3n) is 6.78. The Hall–Kier alpha value is -2.73. The van der Waals surface area contributed by atoms with Crippen LogP contribution in [-0.4, -0.2) is 31.6 Å². The van der Waals surface area contributed by atoms with Crippen LogP contribution in [0.2, 0.25) is 5.15 Å². The van der Waals surface area contributed by atoms with Gasteiger partial charge in [0, 0.05) is 34.5 Å². The van der Waals surface area contributed by atoms with Crippen LogP contribution in [-0.2, 0) is 17.8 Å². The minimum Gasteiger partial charge on any atom is -0.481 e. The largest absolute Gasteiger partial charge is 0.481 e. The lowest BCUT2D eigenvalue weighted by Gasteiger charge is -2.26. The number of ketones is 1. The van der Waals surface area contributed by atoms with Crippen molar-refractivity contribution in [2.45, 2.75) is 65.8 Å². The van der Waals surface area contributed by atoms with Crippen LogP contribution < -0.4 is 0 Å². The van der Waals surface area contributed by atoms with Gasteiger partial charge in [-0.3, -0.25) is 9.59 Å². The number of aliphatic carboxylic acids is 1. The molecule has 174 valence electrons. The molecule has 0 spiro atoms. The van der Waals surface area contributed by atoms with Crippen molar-refractivity contribution >= 4 is 34.3 Å². The minimum atomic E-state index is -1.03. The van der Waals surface area contributed by atoms with E-state index in [1.54, 1.807) is 19.9 Å². The van der Waals surface area contributed by atoms with Crippen molar-refractivity contribution in [2.24, 2.45) is 11.3 Å². The van der Waals surface area contributed by atoms with Gasteiger partial charge in [0.25, 0.3) is 0 Å². The maximum Gasteiger partial charge on any atom is 0.309 e. The second-order valence-corrected chi connectivity index (χ2v) is 10.4. The average molecular weight is 468 g/mol. The maximum atomic E-state index is 13.7. The summed E-state index contributed by atoms with van der Waals surface area (Å²) in [6, 6.07) is 9.73. The lowest BCUT2D eigenvalue weighted by molar-refractivity contribution is -0.146. The standard InChI is InChI=1S/C26H30ClN3O3/c1-15(2)17-8-10-20-19(12-17)23(24(31)16-6-5-7-16)21(13-26(3,4)25(32)33)30(20)14-18-9-11-22(27)29-28-18/h8-12,15-16H,5-7,13-14H2,1-4H3,(H,32,33). The molecule has 7 heteroatoms. The van der Waals surface area contributed by atoms with E-state index in [0.29, 0.717) is 28.9 Å². The summed E-state index contributed by atoms with van der Waals surface area (Å²) >= 11 is 5.92. The molecule has 1 aromatic carbocycles. The average Bonchev–Trinajstić information content (AvgIpc) is 3.00. The van der Waals surface area contributed by atoms with Gasteiger partial charge in [0.05, 0.1) is 17.7 Å². The van der Waals surface area contributed by atoms with Crippen LogP contribution in [0.1, 0.15) is 80.2 Å². The van der Waals surface area contributed by atoms with Crippen molar-refractivity contribution in [1.29, 1.82) is 0 Å². The molecule has 2 aromatic heterocycles. The Morgan fingerprint density at radius 1 is 1.18 bits per heavy atom. The van der Waals surface area contributed by atoms with Crippen LogP contribution in [0.25, 0.3) is 10.9 Å². The summed E-state index contributed by atoms with van der Waals surface area (Å²) < 4.78 is 2.05. The number of benzene rings is 1. The van der Waals surface area contributed by atoms with Crippen molar-refractivity contribution in [3.63, 3.8) is 0 Å². The highest BCUT2D eigenvalue weighted by Gasteiger charge is 2.36. The number of aromatic nitrogens is 3. The first kappa shape index (κ1) is 23.4. The summed E-state index contributed by atoms with van der Waals surface area (Å²) in [7, 11) is 0. The Labute approximate surface area is 199 Å². The van der Waals surface area contributed by atoms with Crippen molar-refractivity contribution in [3.8, 4) is 0 Å². The Kier molecular flexibility index (Phi) is 6.32. The summed E-state index contributed by atoms with van der Waals surface area (Å²) in [6.45, 7) is 8.05. The first-order chi connectivity index (χ1) is 15.6. The summed E-state index contributed by atoms with van der Waals surface area (Å²) in [5, 5.41) is 19.3. The molecule has 1 fully saturated rings. The number of carbonyl (C=O) groups is 2. The molecular weight excluding hydrogens is 438 g/mol. The van der Waals surface area contributed by atoms with Crippen LogP contribution in [0.4, 0.5) is 0 Å². The molecule has 0 saturated heterocycles. The molecule has 6 nitrogen and oxygen atoms in total. The number of carbonyl (C=O) groups excluding carboxylic acids is 1. The van der Waals surface area contributed by atoms with E-state index < -0.39 is 11.4 Å². The lowest BCUT2D eigenvalue weighted by atomic mass is 9.78. The fourth-order valence-corrected chi connectivity index (χ4v) is 4.48. The Balaban J connectivity index is 1.97. The number of carboxylic acids is 1. The van der Waals surface area contributed by atoms with Crippen molar-refractivity contribution in [3.05, 3.63) is 58.0 Å². The van der Waals surface area contributed by atoms with Crippen LogP contribution in [0.5, 0.6) is 0 Å². The summed E-state index contributed by atoms with van der Waals surface area (Å²) in [5.74, 6) is -0.445. The van der Waals surface area contributed by atoms with Gasteiger partial charge < -0.3 is 9.67 Å². The summed E-state index contributed by atoms with van der Waals surface area (Å²) in [4.78, 5) is 25.7. The first-order valence-electron chi connectivity index (χ1n) is 11.5. The molecule has 1 saturated carbocycles. The van der Waals surface area contributed by atoms with E-state index in [9.17, 15) is 14.7 Å². The van der Waals surface area contributed by atoms with E-state index in [4.69, 9.17) is 11.6 Å². The Morgan fingerprint density at radius 3 is 2.45 bits per heavy atom. The highest BCUT2D eigenvalue weighted by atomic mass is 35.5. The van der Waals surface area contributed by atoms with Gasteiger partial charge in [-0.2, -0.15) is 5.10 Å². The number of halogens is 1. The zero-order valence-corrected chi connectivity index (χ0v) is 20.3. The van der Waals surface area contributed by atoms with Gasteiger partial charge >= 0.3 is 5.97 Å². The quantitative estimate of drug-likeness (QED) is 0.417. The third-order valence-corrected chi connectivity index (χ3v) is 6.98. The van der Waals surface area contributed by atoms with E-state index in [1.807, 2.05) is 16.7 Å². The van der Waals surface area contributed by atoms with Gasteiger partial charge in [-0.15, -0.1) is 5.10 Å². The smallest absolute Gasteiger partial charge is 0.309 e. The normalized spacial score (nSPS) is 14.6. The number of Topliss-reactive ketones (excluding diaryl/α,β-unsaturated/α-hetero) is 1. The van der Waals surface area contributed by atoms with Crippen molar-refractivity contribution in [2.75, 3.05) is 0 Å². The molecule has 1 N–H and O–H groups in total. The number of fused-ring (bicyclic) bond motifs is 1. The fourth-order valence-electron chi connectivity index (χ4n) is 4.38. The highest BCUT2D eigenvalue weighted by Crippen LogP contribution is 2.38. The van der Waals surface area contributed by atoms with Gasteiger partial charge in [-0.25, -0.2) is 0 Å². The monoisotopic (exact) mass is 467 g/mol. The number of rotatable bonds is 8. The Bertz CT molecular complexity index is 1210. The molecule has 33 heavy (non-hydrogen) atoms. The lowest BCUT2D eigenvalue weighted by Crippen LogP contribution is -2.29. The number of nitrogens with zero attached hydrogens (tertiary/aromatic N) is 3. The van der Waals surface area contributed by atoms with Crippen LogP contribution in [0.3, 0.4) is 0 Å². The van der Waals surface area contributed by atoms with Crippen LogP contribution >= 0.6 is 11.6 Å². The molecular formula is C26H30ClN3O3. The third kappa shape index (κ3) is 4.54. The first-order valence-corrected chi connectivity index (χ1v) is 11.9. The molecule has 0 bridgehead atoms. The SMILES string of the molecule is CC(C)c1ccc2c(c1)c(C(=O)C1CCC1)c(CC(C)(C)C(=O)O)n2Cc1ccc(Cl)nn1. The van der Waals surface area contributed by atoms with Gasteiger partial charge in [0.1, 0.15) is 0 Å². The zero-order chi connectivity index (χ0) is 23.9. The second kappa shape index (κ2) is 8.90. The molecule has 0 atom stereocenters. The second-order valence-electron chi connectivity index (χ2n) is 10.0. The molecule has 0 amide bonds. The minimum absolute atomic E-state index is 0.00812. The van der Waals surface area contributed by atoms with E-state index >= 15 is 0 Å². The van der Waals surface area contributed by atoms with Gasteiger partial charge in [-0.05, 0) is 62.4 Å². The van der Waals surface area contributed by atoms with Crippen molar-refractivity contribution in [1.82, 2.24) is 14.8 Å². The molecule has 4 rings (SSSR count). The van der Waals surface area contributed by atoms with E-state index in [-0.39, 0.29) is 18.1 Å². The van der Waals surface area contributed by atoms with Crippen LogP contribution in [0.15, 0.2) is 30.3 Å². The van der Waals surface area contributed by atoms with E-state index in [2.05, 4.69) is 36.2 Å². The van der Waals surface area contributed by atoms with Gasteiger partial charge in [0.2, 0.25) is 0 Å². The molecule has 1 aliphatic rings. The predicted octanol–water partition coefficient (Wildman–Crippen LogP) is 5.89. The summed E-state index contributed by atoms with van der Waals surface area (Å²) in [5.41, 5.74) is 3.15. The number of hydrogen-bond acceptors (Lipinski definition) is 4. The van der Waals surface area contributed by atoms with E-state index in [1.165, 1.54) is 0 Å². The molecule has 3 aromatic rings. The zero-order valence-electron chi connectivity index (χ0n) is 19.6. The molecule has 0 aliphatic heterocycles. The predicted molar refractivity (Wildman–Crippen MR) is 129 cm³/mol. The Morgan fingerprint density at radius 2 is 1.91 bits per heavy atom. The highest BCUT2D eigenvalue weighted by molar-refractivity contribution is 6.29. The van der Waals surface area contributed by atoms with E-state index in [0.717, 1.165) is 41.4 Å². The summed E-state index contributed by atoms with van der Waals surface area (Å²) in [6.07, 6.45) is 3.07. The molecule has 2 heterocycles. The molecule has 0 unspecified atom stereocenters. The maximum absolute atomic E-state index is 13.7. The fraction of sp³-hybridized carbons (Fsp3) is 0.462. The van der Waals surface area contributed by atoms with Gasteiger partial charge in [-0.1, -0.05) is 37.9 Å². The topological polar surface area (TPSA) is 85.1 Å². The van der Waals surface area contributed by atoms with Gasteiger partial charge in [0.15, 0.2) is 10.9 Å². The molecule has 0 radical (unpaired) electrons. The van der Waals surface area contributed by atoms with Crippen LogP contribution in [0, 0.1) is 11.3 Å².